The van der Waals surface area contributed by atoms with E-state index in [-0.39, 0.29) is 0 Å². The normalized spacial score (nSPS) is 10.9. The van der Waals surface area contributed by atoms with Crippen LogP contribution >= 0.6 is 0 Å². The lowest BCUT2D eigenvalue weighted by atomic mass is 10.1. The van der Waals surface area contributed by atoms with E-state index in [1.165, 1.54) is 0 Å². The zero-order valence-corrected chi connectivity index (χ0v) is 12.3. The van der Waals surface area contributed by atoms with Gasteiger partial charge < -0.3 is 9.47 Å². The van der Waals surface area contributed by atoms with Crippen molar-refractivity contribution in [3.63, 3.8) is 0 Å². The molecule has 0 unspecified atom stereocenters. The Hall–Kier alpha value is -1.32. The van der Waals surface area contributed by atoms with Crippen LogP contribution in [0.3, 0.4) is 0 Å². The SMILES string of the molecule is CCCCCOC(=O)C=CC(=O)OCCCC(C)C. The van der Waals surface area contributed by atoms with Crippen LogP contribution in [-0.4, -0.2) is 25.2 Å². The van der Waals surface area contributed by atoms with Gasteiger partial charge in [0.05, 0.1) is 13.2 Å². The number of esters is 2. The molecule has 0 saturated carbocycles. The highest BCUT2D eigenvalue weighted by atomic mass is 16.5. The predicted molar refractivity (Wildman–Crippen MR) is 74.7 cm³/mol. The van der Waals surface area contributed by atoms with E-state index in [1.807, 2.05) is 0 Å². The molecule has 0 aliphatic heterocycles. The molecule has 0 radical (unpaired) electrons. The average molecular weight is 270 g/mol. The summed E-state index contributed by atoms with van der Waals surface area (Å²) in [5.41, 5.74) is 0. The largest absolute Gasteiger partial charge is 0.463 e. The number of hydrogen-bond acceptors (Lipinski definition) is 4. The van der Waals surface area contributed by atoms with Crippen molar-refractivity contribution in [1.29, 1.82) is 0 Å². The molecule has 4 nitrogen and oxygen atoms in total. The lowest BCUT2D eigenvalue weighted by Gasteiger charge is -2.04. The van der Waals surface area contributed by atoms with Crippen LogP contribution < -0.4 is 0 Å². The summed E-state index contributed by atoms with van der Waals surface area (Å²) < 4.78 is 9.87. The lowest BCUT2D eigenvalue weighted by molar-refractivity contribution is -0.140. The highest BCUT2D eigenvalue weighted by Crippen LogP contribution is 2.03. The third-order valence-electron chi connectivity index (χ3n) is 2.52. The maximum Gasteiger partial charge on any atom is 0.331 e. The summed E-state index contributed by atoms with van der Waals surface area (Å²) >= 11 is 0. The van der Waals surface area contributed by atoms with Gasteiger partial charge >= 0.3 is 11.9 Å². The monoisotopic (exact) mass is 270 g/mol. The summed E-state index contributed by atoms with van der Waals surface area (Å²) in [5.74, 6) is -0.378. The summed E-state index contributed by atoms with van der Waals surface area (Å²) in [7, 11) is 0. The van der Waals surface area contributed by atoms with E-state index in [4.69, 9.17) is 9.47 Å². The number of ether oxygens (including phenoxy) is 2. The molecule has 0 aromatic heterocycles. The van der Waals surface area contributed by atoms with E-state index in [1.54, 1.807) is 0 Å². The molecular weight excluding hydrogens is 244 g/mol. The highest BCUT2D eigenvalue weighted by molar-refractivity contribution is 5.91. The number of unbranched alkanes of at least 4 members (excludes halogenated alkanes) is 2. The average Bonchev–Trinajstić information content (AvgIpc) is 2.37. The van der Waals surface area contributed by atoms with Gasteiger partial charge in [-0.2, -0.15) is 0 Å². The Balaban J connectivity index is 3.61. The molecule has 0 bridgehead atoms. The van der Waals surface area contributed by atoms with Crippen molar-refractivity contribution in [3.05, 3.63) is 12.2 Å². The van der Waals surface area contributed by atoms with Gasteiger partial charge in [-0.15, -0.1) is 0 Å². The van der Waals surface area contributed by atoms with Gasteiger partial charge in [0, 0.05) is 12.2 Å². The van der Waals surface area contributed by atoms with E-state index >= 15 is 0 Å². The van der Waals surface area contributed by atoms with Crippen molar-refractivity contribution >= 4 is 11.9 Å². The predicted octanol–water partition coefficient (Wildman–Crippen LogP) is 3.26. The fourth-order valence-corrected chi connectivity index (χ4v) is 1.42. The standard InChI is InChI=1S/C15H26O4/c1-4-5-6-11-18-14(16)9-10-15(17)19-12-7-8-13(2)3/h9-10,13H,4-8,11-12H2,1-3H3. The second-order valence-electron chi connectivity index (χ2n) is 4.91. The first-order valence-electron chi connectivity index (χ1n) is 7.07. The molecule has 0 aromatic carbocycles. The highest BCUT2D eigenvalue weighted by Gasteiger charge is 2.01. The Bertz CT molecular complexity index is 282. The second-order valence-corrected chi connectivity index (χ2v) is 4.91. The number of carbonyl (C=O) groups is 2. The third kappa shape index (κ3) is 12.9. The van der Waals surface area contributed by atoms with Crippen molar-refractivity contribution in [1.82, 2.24) is 0 Å². The minimum absolute atomic E-state index is 0.396. The maximum absolute atomic E-state index is 11.3. The van der Waals surface area contributed by atoms with Gasteiger partial charge in [-0.05, 0) is 25.2 Å². The van der Waals surface area contributed by atoms with E-state index in [9.17, 15) is 9.59 Å². The van der Waals surface area contributed by atoms with Gasteiger partial charge in [-0.25, -0.2) is 9.59 Å². The molecule has 0 atom stereocenters. The van der Waals surface area contributed by atoms with E-state index in [0.29, 0.717) is 19.1 Å². The molecule has 0 aliphatic carbocycles. The molecule has 0 aromatic rings. The second kappa shape index (κ2) is 11.8. The topological polar surface area (TPSA) is 52.6 Å². The van der Waals surface area contributed by atoms with Crippen LogP contribution in [0, 0.1) is 5.92 Å². The Labute approximate surface area is 116 Å². The molecule has 110 valence electrons. The van der Waals surface area contributed by atoms with E-state index in [0.717, 1.165) is 44.3 Å². The molecule has 0 fully saturated rings. The van der Waals surface area contributed by atoms with Crippen molar-refractivity contribution in [2.24, 2.45) is 5.92 Å². The summed E-state index contributed by atoms with van der Waals surface area (Å²) in [4.78, 5) is 22.5. The maximum atomic E-state index is 11.3. The van der Waals surface area contributed by atoms with Crippen LogP contribution in [0.25, 0.3) is 0 Å². The quantitative estimate of drug-likeness (QED) is 0.347. The van der Waals surface area contributed by atoms with Crippen molar-refractivity contribution < 1.29 is 19.1 Å². The molecule has 0 rings (SSSR count). The van der Waals surface area contributed by atoms with Crippen LogP contribution in [0.15, 0.2) is 12.2 Å². The fraction of sp³-hybridized carbons (Fsp3) is 0.733. The zero-order valence-electron chi connectivity index (χ0n) is 12.3. The molecule has 0 aliphatic rings. The van der Waals surface area contributed by atoms with Gasteiger partial charge in [0.15, 0.2) is 0 Å². The van der Waals surface area contributed by atoms with Crippen LogP contribution in [0.2, 0.25) is 0 Å². The summed E-state index contributed by atoms with van der Waals surface area (Å²) in [5, 5.41) is 0. The molecule has 0 amide bonds. The number of hydrogen-bond donors (Lipinski definition) is 0. The van der Waals surface area contributed by atoms with Crippen LogP contribution in [0.4, 0.5) is 0 Å². The lowest BCUT2D eigenvalue weighted by Crippen LogP contribution is -2.06. The van der Waals surface area contributed by atoms with Crippen molar-refractivity contribution in [3.8, 4) is 0 Å². The number of rotatable bonds is 10. The molecule has 0 N–H and O–H groups in total. The van der Waals surface area contributed by atoms with E-state index in [2.05, 4.69) is 20.8 Å². The minimum Gasteiger partial charge on any atom is -0.463 e. The number of carbonyl (C=O) groups excluding carboxylic acids is 2. The zero-order chi connectivity index (χ0) is 14.5. The van der Waals surface area contributed by atoms with Gasteiger partial charge in [0.2, 0.25) is 0 Å². The third-order valence-corrected chi connectivity index (χ3v) is 2.52. The first kappa shape index (κ1) is 17.7. The minimum atomic E-state index is -0.491. The van der Waals surface area contributed by atoms with Crippen molar-refractivity contribution in [2.45, 2.75) is 52.9 Å². The molecular formula is C15H26O4. The van der Waals surface area contributed by atoms with Crippen LogP contribution in [0.1, 0.15) is 52.9 Å². The fourth-order valence-electron chi connectivity index (χ4n) is 1.42. The van der Waals surface area contributed by atoms with E-state index < -0.39 is 11.9 Å². The summed E-state index contributed by atoms with van der Waals surface area (Å²) in [6.07, 6.45) is 7.09. The van der Waals surface area contributed by atoms with Crippen molar-refractivity contribution in [2.75, 3.05) is 13.2 Å². The molecule has 0 heterocycles. The molecule has 0 spiro atoms. The Kier molecular flexibility index (Phi) is 10.9. The molecule has 0 saturated heterocycles. The molecule has 19 heavy (non-hydrogen) atoms. The first-order chi connectivity index (χ1) is 9.06. The molecule has 4 heteroatoms. The smallest absolute Gasteiger partial charge is 0.331 e. The van der Waals surface area contributed by atoms with Crippen LogP contribution in [0.5, 0.6) is 0 Å². The Morgan fingerprint density at radius 2 is 1.47 bits per heavy atom. The van der Waals surface area contributed by atoms with Gasteiger partial charge in [0.1, 0.15) is 0 Å². The summed E-state index contributed by atoms with van der Waals surface area (Å²) in [6, 6.07) is 0. The Morgan fingerprint density at radius 1 is 0.947 bits per heavy atom. The van der Waals surface area contributed by atoms with Gasteiger partial charge in [-0.1, -0.05) is 33.6 Å². The first-order valence-corrected chi connectivity index (χ1v) is 7.07. The van der Waals surface area contributed by atoms with Gasteiger partial charge in [-0.3, -0.25) is 0 Å². The summed E-state index contributed by atoms with van der Waals surface area (Å²) in [6.45, 7) is 7.12. The van der Waals surface area contributed by atoms with Gasteiger partial charge in [0.25, 0.3) is 0 Å². The Morgan fingerprint density at radius 3 is 1.95 bits per heavy atom. The van der Waals surface area contributed by atoms with Crippen LogP contribution in [-0.2, 0) is 19.1 Å².